The molecule has 5 nitrogen and oxygen atoms in total. The van der Waals surface area contributed by atoms with Crippen molar-refractivity contribution < 1.29 is 4.42 Å². The lowest BCUT2D eigenvalue weighted by Crippen LogP contribution is -2.11. The number of hydrogen-bond donors (Lipinski definition) is 2. The van der Waals surface area contributed by atoms with Gasteiger partial charge in [-0.1, -0.05) is 24.2 Å². The maximum atomic E-state index is 5.43. The van der Waals surface area contributed by atoms with E-state index in [-0.39, 0.29) is 0 Å². The quantitative estimate of drug-likeness (QED) is 0.827. The largest absolute Gasteiger partial charge is 0.406 e. The van der Waals surface area contributed by atoms with Crippen LogP contribution < -0.4 is 10.6 Å². The lowest BCUT2D eigenvalue weighted by Gasteiger charge is -2.01. The van der Waals surface area contributed by atoms with E-state index in [9.17, 15) is 0 Å². The third kappa shape index (κ3) is 3.29. The molecule has 2 N–H and O–H groups in total. The predicted octanol–water partition coefficient (Wildman–Crippen LogP) is 2.23. The van der Waals surface area contributed by atoms with Gasteiger partial charge in [0.15, 0.2) is 0 Å². The standard InChI is InChI=1S/C12H16N4O/c1-3-13-8-11-15-16-12(17-11)14-10-6-4-5-9(2)7-10/h4-7,13H,3,8H2,1-2H3,(H,14,16). The van der Waals surface area contributed by atoms with Gasteiger partial charge >= 0.3 is 6.01 Å². The van der Waals surface area contributed by atoms with Gasteiger partial charge in [-0.05, 0) is 31.2 Å². The monoisotopic (exact) mass is 232 g/mol. The van der Waals surface area contributed by atoms with Gasteiger partial charge in [0.25, 0.3) is 0 Å². The smallest absolute Gasteiger partial charge is 0.320 e. The fraction of sp³-hybridized carbons (Fsp3) is 0.333. The van der Waals surface area contributed by atoms with Gasteiger partial charge < -0.3 is 15.1 Å². The van der Waals surface area contributed by atoms with E-state index in [0.29, 0.717) is 18.5 Å². The Hall–Kier alpha value is -1.88. The summed E-state index contributed by atoms with van der Waals surface area (Å²) in [6.07, 6.45) is 0. The molecule has 17 heavy (non-hydrogen) atoms. The SMILES string of the molecule is CCNCc1nnc(Nc2cccc(C)c2)o1. The van der Waals surface area contributed by atoms with Crippen LogP contribution in [0.25, 0.3) is 0 Å². The molecule has 0 bridgehead atoms. The van der Waals surface area contributed by atoms with Crippen molar-refractivity contribution in [2.45, 2.75) is 20.4 Å². The van der Waals surface area contributed by atoms with Crippen LogP contribution >= 0.6 is 0 Å². The second-order valence-corrected chi connectivity index (χ2v) is 3.78. The van der Waals surface area contributed by atoms with E-state index in [1.54, 1.807) is 0 Å². The minimum atomic E-state index is 0.420. The summed E-state index contributed by atoms with van der Waals surface area (Å²) in [5.74, 6) is 0.585. The fourth-order valence-corrected chi connectivity index (χ4v) is 1.45. The van der Waals surface area contributed by atoms with E-state index in [4.69, 9.17) is 4.42 Å². The Kier molecular flexibility index (Phi) is 3.72. The van der Waals surface area contributed by atoms with Gasteiger partial charge in [0, 0.05) is 5.69 Å². The van der Waals surface area contributed by atoms with Crippen molar-refractivity contribution in [2.24, 2.45) is 0 Å². The first-order chi connectivity index (χ1) is 8.28. The minimum absolute atomic E-state index is 0.420. The fourth-order valence-electron chi connectivity index (χ4n) is 1.45. The summed E-state index contributed by atoms with van der Waals surface area (Å²) in [7, 11) is 0. The zero-order valence-corrected chi connectivity index (χ0v) is 10.0. The van der Waals surface area contributed by atoms with Crippen LogP contribution in [0.2, 0.25) is 0 Å². The molecule has 1 aromatic heterocycles. The molecule has 90 valence electrons. The third-order valence-corrected chi connectivity index (χ3v) is 2.26. The van der Waals surface area contributed by atoms with Crippen LogP contribution in [0, 0.1) is 6.92 Å². The van der Waals surface area contributed by atoms with Crippen LogP contribution in [0.1, 0.15) is 18.4 Å². The van der Waals surface area contributed by atoms with E-state index in [0.717, 1.165) is 12.2 Å². The molecule has 0 aliphatic rings. The van der Waals surface area contributed by atoms with Crippen molar-refractivity contribution in [2.75, 3.05) is 11.9 Å². The van der Waals surface area contributed by atoms with Crippen molar-refractivity contribution in [3.63, 3.8) is 0 Å². The first-order valence-electron chi connectivity index (χ1n) is 5.64. The predicted molar refractivity (Wildman–Crippen MR) is 66.1 cm³/mol. The summed E-state index contributed by atoms with van der Waals surface area (Å²) >= 11 is 0. The number of benzene rings is 1. The molecule has 0 unspecified atom stereocenters. The zero-order valence-electron chi connectivity index (χ0n) is 10.0. The van der Waals surface area contributed by atoms with Crippen LogP contribution in [0.3, 0.4) is 0 Å². The molecular formula is C12H16N4O. The van der Waals surface area contributed by atoms with Gasteiger partial charge in [-0.25, -0.2) is 0 Å². The Bertz CT molecular complexity index is 481. The van der Waals surface area contributed by atoms with Gasteiger partial charge in [-0.15, -0.1) is 5.10 Å². The molecule has 0 aliphatic heterocycles. The molecule has 1 aromatic carbocycles. The van der Waals surface area contributed by atoms with E-state index < -0.39 is 0 Å². The molecule has 5 heteroatoms. The van der Waals surface area contributed by atoms with Crippen LogP contribution in [0.5, 0.6) is 0 Å². The van der Waals surface area contributed by atoms with Crippen LogP contribution in [0.15, 0.2) is 28.7 Å². The van der Waals surface area contributed by atoms with E-state index >= 15 is 0 Å². The summed E-state index contributed by atoms with van der Waals surface area (Å²) in [4.78, 5) is 0. The number of rotatable bonds is 5. The van der Waals surface area contributed by atoms with Crippen molar-refractivity contribution in [1.82, 2.24) is 15.5 Å². The normalized spacial score (nSPS) is 10.5. The number of hydrogen-bond acceptors (Lipinski definition) is 5. The topological polar surface area (TPSA) is 63.0 Å². The molecule has 2 rings (SSSR count). The average Bonchev–Trinajstić information content (AvgIpc) is 2.74. The van der Waals surface area contributed by atoms with Gasteiger partial charge in [0.1, 0.15) is 0 Å². The summed E-state index contributed by atoms with van der Waals surface area (Å²) < 4.78 is 5.43. The van der Waals surface area contributed by atoms with Crippen molar-refractivity contribution in [3.05, 3.63) is 35.7 Å². The number of aryl methyl sites for hydroxylation is 1. The van der Waals surface area contributed by atoms with Crippen LogP contribution in [-0.2, 0) is 6.54 Å². The van der Waals surface area contributed by atoms with Crippen molar-refractivity contribution in [1.29, 1.82) is 0 Å². The Balaban J connectivity index is 2.01. The Labute approximate surface area is 100 Å². The second kappa shape index (κ2) is 5.45. The van der Waals surface area contributed by atoms with Crippen molar-refractivity contribution >= 4 is 11.7 Å². The number of anilines is 2. The van der Waals surface area contributed by atoms with Gasteiger partial charge in [-0.2, -0.15) is 0 Å². The van der Waals surface area contributed by atoms with E-state index in [2.05, 4.69) is 20.8 Å². The number of aromatic nitrogens is 2. The third-order valence-electron chi connectivity index (χ3n) is 2.26. The van der Waals surface area contributed by atoms with Crippen molar-refractivity contribution in [3.8, 4) is 0 Å². The molecule has 0 saturated carbocycles. The van der Waals surface area contributed by atoms with Gasteiger partial charge in [-0.3, -0.25) is 0 Å². The van der Waals surface area contributed by atoms with Crippen LogP contribution in [0.4, 0.5) is 11.7 Å². The summed E-state index contributed by atoms with van der Waals surface area (Å²) in [6, 6.07) is 8.42. The first kappa shape index (κ1) is 11.6. The molecule has 0 atom stereocenters. The Morgan fingerprint density at radius 1 is 1.29 bits per heavy atom. The second-order valence-electron chi connectivity index (χ2n) is 3.78. The summed E-state index contributed by atoms with van der Waals surface area (Å²) in [5.41, 5.74) is 2.13. The molecule has 0 radical (unpaired) electrons. The van der Waals surface area contributed by atoms with Gasteiger partial charge in [0.05, 0.1) is 6.54 Å². The highest BCUT2D eigenvalue weighted by atomic mass is 16.4. The maximum Gasteiger partial charge on any atom is 0.320 e. The van der Waals surface area contributed by atoms with Crippen LogP contribution in [-0.4, -0.2) is 16.7 Å². The lowest BCUT2D eigenvalue weighted by atomic mass is 10.2. The molecule has 0 fully saturated rings. The Morgan fingerprint density at radius 3 is 2.94 bits per heavy atom. The highest BCUT2D eigenvalue weighted by molar-refractivity contribution is 5.52. The molecule has 2 aromatic rings. The summed E-state index contributed by atoms with van der Waals surface area (Å²) in [5, 5.41) is 14.1. The lowest BCUT2D eigenvalue weighted by molar-refractivity contribution is 0.484. The molecule has 0 amide bonds. The van der Waals surface area contributed by atoms with E-state index in [1.807, 2.05) is 38.1 Å². The molecular weight excluding hydrogens is 216 g/mol. The summed E-state index contributed by atoms with van der Waals surface area (Å²) in [6.45, 7) is 5.54. The zero-order chi connectivity index (χ0) is 12.1. The highest BCUT2D eigenvalue weighted by Crippen LogP contribution is 2.16. The number of nitrogens with zero attached hydrogens (tertiary/aromatic N) is 2. The molecule has 0 spiro atoms. The molecule has 0 saturated heterocycles. The maximum absolute atomic E-state index is 5.43. The average molecular weight is 232 g/mol. The minimum Gasteiger partial charge on any atom is -0.406 e. The number of nitrogens with one attached hydrogen (secondary N) is 2. The van der Waals surface area contributed by atoms with E-state index in [1.165, 1.54) is 5.56 Å². The Morgan fingerprint density at radius 2 is 2.18 bits per heavy atom. The van der Waals surface area contributed by atoms with Gasteiger partial charge in [0.2, 0.25) is 5.89 Å². The first-order valence-corrected chi connectivity index (χ1v) is 5.64. The molecule has 1 heterocycles. The highest BCUT2D eigenvalue weighted by Gasteiger charge is 2.05. The molecule has 0 aliphatic carbocycles.